The monoisotopic (exact) mass is 219 g/mol. The van der Waals surface area contributed by atoms with Gasteiger partial charge in [0.25, 0.3) is 0 Å². The summed E-state index contributed by atoms with van der Waals surface area (Å²) in [7, 11) is 0. The van der Waals surface area contributed by atoms with Gasteiger partial charge in [0.05, 0.1) is 0 Å². The molecule has 1 unspecified atom stereocenters. The Morgan fingerprint density at radius 1 is 1.25 bits per heavy atom. The average molecular weight is 219 g/mol. The number of aryl methyl sites for hydroxylation is 2. The van der Waals surface area contributed by atoms with Gasteiger partial charge < -0.3 is 10.5 Å². The maximum Gasteiger partial charge on any atom is 0.119 e. The highest BCUT2D eigenvalue weighted by molar-refractivity contribution is 5.37. The molecule has 1 atom stereocenters. The molecular formula is C14H21NO. The van der Waals surface area contributed by atoms with Crippen LogP contribution in [0.1, 0.15) is 37.3 Å². The first kappa shape index (κ1) is 11.5. The van der Waals surface area contributed by atoms with Crippen molar-refractivity contribution in [2.75, 3.05) is 6.61 Å². The van der Waals surface area contributed by atoms with Gasteiger partial charge in [-0.3, -0.25) is 0 Å². The summed E-state index contributed by atoms with van der Waals surface area (Å²) in [6.07, 6.45) is 6.03. The molecule has 0 spiro atoms. The fourth-order valence-electron chi connectivity index (χ4n) is 2.12. The molecule has 0 fully saturated rings. The number of fused-ring (bicyclic) bond motifs is 1. The van der Waals surface area contributed by atoms with Crippen LogP contribution < -0.4 is 10.5 Å². The van der Waals surface area contributed by atoms with Gasteiger partial charge in [0.1, 0.15) is 12.4 Å². The highest BCUT2D eigenvalue weighted by atomic mass is 16.5. The molecule has 0 aromatic heterocycles. The summed E-state index contributed by atoms with van der Waals surface area (Å²) < 4.78 is 5.70. The highest BCUT2D eigenvalue weighted by Crippen LogP contribution is 2.25. The quantitative estimate of drug-likeness (QED) is 0.845. The zero-order valence-corrected chi connectivity index (χ0v) is 10.0. The van der Waals surface area contributed by atoms with E-state index in [1.54, 1.807) is 0 Å². The van der Waals surface area contributed by atoms with Gasteiger partial charge in [0, 0.05) is 6.04 Å². The van der Waals surface area contributed by atoms with Crippen LogP contribution in [0, 0.1) is 0 Å². The summed E-state index contributed by atoms with van der Waals surface area (Å²) in [6, 6.07) is 6.63. The largest absolute Gasteiger partial charge is 0.492 e. The van der Waals surface area contributed by atoms with Crippen LogP contribution in [0.4, 0.5) is 0 Å². The molecule has 0 radical (unpaired) electrons. The highest BCUT2D eigenvalue weighted by Gasteiger charge is 2.10. The van der Waals surface area contributed by atoms with Crippen LogP contribution in [0.15, 0.2) is 18.2 Å². The summed E-state index contributed by atoms with van der Waals surface area (Å²) in [5, 5.41) is 0. The van der Waals surface area contributed by atoms with Crippen molar-refractivity contribution < 1.29 is 4.74 Å². The summed E-state index contributed by atoms with van der Waals surface area (Å²) in [6.45, 7) is 2.70. The minimum Gasteiger partial charge on any atom is -0.492 e. The fourth-order valence-corrected chi connectivity index (χ4v) is 2.12. The Kier molecular flexibility index (Phi) is 3.83. The molecule has 1 aromatic carbocycles. The minimum absolute atomic E-state index is 0.149. The van der Waals surface area contributed by atoms with E-state index in [-0.39, 0.29) is 6.04 Å². The standard InChI is InChI=1S/C14H21NO/c1-2-13(15)10-16-14-8-7-11-5-3-4-6-12(11)9-14/h7-9,13H,2-6,10,15H2,1H3. The number of benzene rings is 1. The first-order chi connectivity index (χ1) is 7.79. The molecule has 1 aliphatic rings. The summed E-state index contributed by atoms with van der Waals surface area (Å²) >= 11 is 0. The minimum atomic E-state index is 0.149. The topological polar surface area (TPSA) is 35.2 Å². The van der Waals surface area contributed by atoms with Crippen molar-refractivity contribution in [3.63, 3.8) is 0 Å². The van der Waals surface area contributed by atoms with E-state index in [1.165, 1.54) is 36.8 Å². The average Bonchev–Trinajstić information content (AvgIpc) is 2.35. The number of hydrogen-bond donors (Lipinski definition) is 1. The number of hydrogen-bond acceptors (Lipinski definition) is 2. The first-order valence-corrected chi connectivity index (χ1v) is 6.29. The summed E-state index contributed by atoms with van der Waals surface area (Å²) in [4.78, 5) is 0. The second-order valence-corrected chi connectivity index (χ2v) is 4.62. The van der Waals surface area contributed by atoms with E-state index in [4.69, 9.17) is 10.5 Å². The Morgan fingerprint density at radius 2 is 2.00 bits per heavy atom. The molecule has 0 heterocycles. The smallest absolute Gasteiger partial charge is 0.119 e. The molecule has 0 bridgehead atoms. The van der Waals surface area contributed by atoms with Crippen LogP contribution in [-0.2, 0) is 12.8 Å². The lowest BCUT2D eigenvalue weighted by atomic mass is 9.92. The lowest BCUT2D eigenvalue weighted by Crippen LogP contribution is -2.26. The predicted molar refractivity (Wildman–Crippen MR) is 66.8 cm³/mol. The van der Waals surface area contributed by atoms with Crippen LogP contribution in [-0.4, -0.2) is 12.6 Å². The maximum atomic E-state index is 5.83. The zero-order chi connectivity index (χ0) is 11.4. The zero-order valence-electron chi connectivity index (χ0n) is 10.0. The Bertz CT molecular complexity index is 349. The van der Waals surface area contributed by atoms with E-state index in [1.807, 2.05) is 0 Å². The van der Waals surface area contributed by atoms with E-state index >= 15 is 0 Å². The Morgan fingerprint density at radius 3 is 2.75 bits per heavy atom. The molecule has 2 N–H and O–H groups in total. The predicted octanol–water partition coefficient (Wildman–Crippen LogP) is 2.68. The van der Waals surface area contributed by atoms with Gasteiger partial charge in [-0.1, -0.05) is 13.0 Å². The van der Waals surface area contributed by atoms with Crippen molar-refractivity contribution in [3.05, 3.63) is 29.3 Å². The van der Waals surface area contributed by atoms with Gasteiger partial charge in [-0.05, 0) is 55.4 Å². The number of rotatable bonds is 4. The molecule has 2 heteroatoms. The third kappa shape index (κ3) is 2.76. The number of ether oxygens (including phenoxy) is 1. The van der Waals surface area contributed by atoms with Gasteiger partial charge in [-0.25, -0.2) is 0 Å². The Labute approximate surface area is 97.8 Å². The van der Waals surface area contributed by atoms with Crippen LogP contribution in [0.5, 0.6) is 5.75 Å². The van der Waals surface area contributed by atoms with Crippen molar-refractivity contribution >= 4 is 0 Å². The van der Waals surface area contributed by atoms with Gasteiger partial charge >= 0.3 is 0 Å². The van der Waals surface area contributed by atoms with Crippen LogP contribution in [0.25, 0.3) is 0 Å². The molecule has 0 saturated heterocycles. The third-order valence-corrected chi connectivity index (χ3v) is 3.31. The van der Waals surface area contributed by atoms with Crippen LogP contribution in [0.3, 0.4) is 0 Å². The maximum absolute atomic E-state index is 5.83. The normalized spacial score (nSPS) is 16.6. The fraction of sp³-hybridized carbons (Fsp3) is 0.571. The lowest BCUT2D eigenvalue weighted by molar-refractivity contribution is 0.285. The molecule has 1 aromatic rings. The van der Waals surface area contributed by atoms with Gasteiger partial charge in [-0.15, -0.1) is 0 Å². The van der Waals surface area contributed by atoms with Crippen LogP contribution in [0.2, 0.25) is 0 Å². The Balaban J connectivity index is 2.00. The van der Waals surface area contributed by atoms with E-state index in [9.17, 15) is 0 Å². The molecule has 88 valence electrons. The molecule has 0 amide bonds. The van der Waals surface area contributed by atoms with Gasteiger partial charge in [0.2, 0.25) is 0 Å². The molecule has 0 saturated carbocycles. The van der Waals surface area contributed by atoms with E-state index in [0.717, 1.165) is 12.2 Å². The van der Waals surface area contributed by atoms with Gasteiger partial charge in [0.15, 0.2) is 0 Å². The summed E-state index contributed by atoms with van der Waals surface area (Å²) in [5.41, 5.74) is 8.80. The second kappa shape index (κ2) is 5.35. The lowest BCUT2D eigenvalue weighted by Gasteiger charge is -2.17. The van der Waals surface area contributed by atoms with Crippen molar-refractivity contribution in [1.29, 1.82) is 0 Å². The number of nitrogens with two attached hydrogens (primary N) is 1. The molecule has 0 aliphatic heterocycles. The second-order valence-electron chi connectivity index (χ2n) is 4.62. The third-order valence-electron chi connectivity index (χ3n) is 3.31. The summed E-state index contributed by atoms with van der Waals surface area (Å²) in [5.74, 6) is 0.976. The first-order valence-electron chi connectivity index (χ1n) is 6.29. The molecule has 2 nitrogen and oxygen atoms in total. The van der Waals surface area contributed by atoms with Crippen molar-refractivity contribution in [3.8, 4) is 5.75 Å². The van der Waals surface area contributed by atoms with Crippen LogP contribution >= 0.6 is 0 Å². The van der Waals surface area contributed by atoms with E-state index in [0.29, 0.717) is 6.61 Å². The molecule has 16 heavy (non-hydrogen) atoms. The van der Waals surface area contributed by atoms with Gasteiger partial charge in [-0.2, -0.15) is 0 Å². The molecule has 2 rings (SSSR count). The van der Waals surface area contributed by atoms with Crippen molar-refractivity contribution in [2.24, 2.45) is 5.73 Å². The van der Waals surface area contributed by atoms with E-state index in [2.05, 4.69) is 25.1 Å². The molecule has 1 aliphatic carbocycles. The van der Waals surface area contributed by atoms with Crippen molar-refractivity contribution in [2.45, 2.75) is 45.1 Å². The Hall–Kier alpha value is -1.02. The molecular weight excluding hydrogens is 198 g/mol. The van der Waals surface area contributed by atoms with Crippen molar-refractivity contribution in [1.82, 2.24) is 0 Å². The SMILES string of the molecule is CCC(N)COc1ccc2c(c1)CCCC2. The van der Waals surface area contributed by atoms with E-state index < -0.39 is 0 Å².